The van der Waals surface area contributed by atoms with E-state index in [1.807, 2.05) is 0 Å². The van der Waals surface area contributed by atoms with Crippen LogP contribution in [0, 0.1) is 5.92 Å². The van der Waals surface area contributed by atoms with Gasteiger partial charge >= 0.3 is 0 Å². The van der Waals surface area contributed by atoms with E-state index in [1.165, 1.54) is 0 Å². The first kappa shape index (κ1) is 18.7. The number of carbonyl (C=O) groups is 2. The van der Waals surface area contributed by atoms with Crippen LogP contribution < -0.4 is 16.0 Å². The highest BCUT2D eigenvalue weighted by molar-refractivity contribution is 6.31. The van der Waals surface area contributed by atoms with Gasteiger partial charge < -0.3 is 16.0 Å². The molecule has 3 N–H and O–H groups in total. The molecular weight excluding hydrogens is 325 g/mol. The predicted molar refractivity (Wildman–Crippen MR) is 90.9 cm³/mol. The van der Waals surface area contributed by atoms with Crippen molar-refractivity contribution in [1.82, 2.24) is 10.6 Å². The average molecular weight is 346 g/mol. The summed E-state index contributed by atoms with van der Waals surface area (Å²) in [6.45, 7) is 2.02. The van der Waals surface area contributed by atoms with Gasteiger partial charge in [-0.15, -0.1) is 12.4 Å². The zero-order valence-electron chi connectivity index (χ0n) is 12.4. The molecule has 1 fully saturated rings. The number of benzene rings is 1. The third kappa shape index (κ3) is 5.16. The van der Waals surface area contributed by atoms with Crippen LogP contribution in [-0.4, -0.2) is 32.0 Å². The number of hydrogen-bond acceptors (Lipinski definition) is 3. The summed E-state index contributed by atoms with van der Waals surface area (Å²) in [4.78, 5) is 23.8. The molecule has 0 radical (unpaired) electrons. The standard InChI is InChI=1S/C15H20ClN3O2.ClH/c1-17-15(21)12-8-11(16)3-4-13(12)19-14(20)5-2-10-6-7-18-9-10;/h3-4,8,10,18H,2,5-7,9H2,1H3,(H,17,21)(H,19,20);1H. The van der Waals surface area contributed by atoms with Gasteiger partial charge in [-0.05, 0) is 50.0 Å². The van der Waals surface area contributed by atoms with Gasteiger partial charge in [-0.3, -0.25) is 9.59 Å². The zero-order valence-corrected chi connectivity index (χ0v) is 14.0. The van der Waals surface area contributed by atoms with E-state index in [4.69, 9.17) is 11.6 Å². The van der Waals surface area contributed by atoms with Crippen LogP contribution in [0.25, 0.3) is 0 Å². The van der Waals surface area contributed by atoms with E-state index >= 15 is 0 Å². The molecule has 1 unspecified atom stereocenters. The Bertz CT molecular complexity index is 532. The van der Waals surface area contributed by atoms with Gasteiger partial charge in [0.2, 0.25) is 5.91 Å². The van der Waals surface area contributed by atoms with Crippen molar-refractivity contribution in [3.8, 4) is 0 Å². The molecule has 0 spiro atoms. The van der Waals surface area contributed by atoms with Crippen molar-refractivity contribution in [2.75, 3.05) is 25.5 Å². The lowest BCUT2D eigenvalue weighted by molar-refractivity contribution is -0.116. The van der Waals surface area contributed by atoms with Gasteiger partial charge in [0, 0.05) is 18.5 Å². The molecule has 1 saturated heterocycles. The Balaban J connectivity index is 0.00000242. The second kappa shape index (κ2) is 8.98. The Kier molecular flexibility index (Phi) is 7.65. The Morgan fingerprint density at radius 1 is 1.41 bits per heavy atom. The first-order chi connectivity index (χ1) is 10.1. The second-order valence-corrected chi connectivity index (χ2v) is 5.65. The first-order valence-electron chi connectivity index (χ1n) is 7.12. The number of halogens is 2. The molecular formula is C15H21Cl2N3O2. The summed E-state index contributed by atoms with van der Waals surface area (Å²) < 4.78 is 0. The van der Waals surface area contributed by atoms with Crippen LogP contribution in [0.2, 0.25) is 5.02 Å². The van der Waals surface area contributed by atoms with Crippen molar-refractivity contribution in [2.45, 2.75) is 19.3 Å². The van der Waals surface area contributed by atoms with Crippen LogP contribution in [0.3, 0.4) is 0 Å². The van der Waals surface area contributed by atoms with Gasteiger partial charge in [-0.1, -0.05) is 11.6 Å². The minimum Gasteiger partial charge on any atom is -0.355 e. The van der Waals surface area contributed by atoms with Crippen molar-refractivity contribution >= 4 is 41.5 Å². The molecule has 5 nitrogen and oxygen atoms in total. The number of hydrogen-bond donors (Lipinski definition) is 3. The minimum atomic E-state index is -0.271. The molecule has 1 aromatic carbocycles. The van der Waals surface area contributed by atoms with Gasteiger partial charge in [0.25, 0.3) is 5.91 Å². The van der Waals surface area contributed by atoms with Crippen molar-refractivity contribution in [3.63, 3.8) is 0 Å². The fraction of sp³-hybridized carbons (Fsp3) is 0.467. The summed E-state index contributed by atoms with van der Waals surface area (Å²) in [5, 5.41) is 9.09. The molecule has 122 valence electrons. The van der Waals surface area contributed by atoms with Crippen LogP contribution in [-0.2, 0) is 4.79 Å². The van der Waals surface area contributed by atoms with E-state index in [0.29, 0.717) is 28.6 Å². The Hall–Kier alpha value is -1.30. The van der Waals surface area contributed by atoms with Gasteiger partial charge in [0.15, 0.2) is 0 Å². The monoisotopic (exact) mass is 345 g/mol. The lowest BCUT2D eigenvalue weighted by Gasteiger charge is -2.12. The number of nitrogens with one attached hydrogen (secondary N) is 3. The minimum absolute atomic E-state index is 0. The Morgan fingerprint density at radius 3 is 2.82 bits per heavy atom. The van der Waals surface area contributed by atoms with Crippen molar-refractivity contribution in [1.29, 1.82) is 0 Å². The van der Waals surface area contributed by atoms with E-state index in [2.05, 4.69) is 16.0 Å². The summed E-state index contributed by atoms with van der Waals surface area (Å²) in [5.74, 6) is 0.224. The van der Waals surface area contributed by atoms with Crippen LogP contribution in [0.15, 0.2) is 18.2 Å². The molecule has 7 heteroatoms. The van der Waals surface area contributed by atoms with Crippen molar-refractivity contribution < 1.29 is 9.59 Å². The maximum Gasteiger partial charge on any atom is 0.253 e. The van der Waals surface area contributed by atoms with Crippen LogP contribution in [0.1, 0.15) is 29.6 Å². The molecule has 0 aromatic heterocycles. The van der Waals surface area contributed by atoms with E-state index in [1.54, 1.807) is 25.2 Å². The summed E-state index contributed by atoms with van der Waals surface area (Å²) in [6.07, 6.45) is 2.45. The molecule has 0 bridgehead atoms. The normalized spacial score (nSPS) is 16.7. The number of carbonyl (C=O) groups excluding carboxylic acids is 2. The molecule has 1 aliphatic heterocycles. The third-order valence-corrected chi connectivity index (χ3v) is 3.90. The fourth-order valence-electron chi connectivity index (χ4n) is 2.46. The molecule has 0 aliphatic carbocycles. The summed E-state index contributed by atoms with van der Waals surface area (Å²) in [6, 6.07) is 4.86. The molecule has 1 atom stereocenters. The maximum absolute atomic E-state index is 12.0. The highest BCUT2D eigenvalue weighted by Crippen LogP contribution is 2.21. The molecule has 1 aromatic rings. The number of rotatable bonds is 5. The van der Waals surface area contributed by atoms with E-state index < -0.39 is 0 Å². The van der Waals surface area contributed by atoms with E-state index in [-0.39, 0.29) is 24.2 Å². The van der Waals surface area contributed by atoms with Gasteiger partial charge in [0.1, 0.15) is 0 Å². The molecule has 1 heterocycles. The SMILES string of the molecule is CNC(=O)c1cc(Cl)ccc1NC(=O)CCC1CCNC1.Cl. The maximum atomic E-state index is 12.0. The molecule has 22 heavy (non-hydrogen) atoms. The van der Waals surface area contributed by atoms with E-state index in [0.717, 1.165) is 25.9 Å². The quantitative estimate of drug-likeness (QED) is 0.767. The second-order valence-electron chi connectivity index (χ2n) is 5.21. The topological polar surface area (TPSA) is 70.2 Å². The average Bonchev–Trinajstić information content (AvgIpc) is 2.99. The van der Waals surface area contributed by atoms with Crippen molar-refractivity contribution in [2.24, 2.45) is 5.92 Å². The molecule has 1 aliphatic rings. The lowest BCUT2D eigenvalue weighted by Crippen LogP contribution is -2.22. The lowest BCUT2D eigenvalue weighted by atomic mass is 10.0. The molecule has 2 rings (SSSR count). The number of anilines is 1. The van der Waals surface area contributed by atoms with Crippen molar-refractivity contribution in [3.05, 3.63) is 28.8 Å². The highest BCUT2D eigenvalue weighted by atomic mass is 35.5. The predicted octanol–water partition coefficient (Wildman–Crippen LogP) is 2.45. The summed E-state index contributed by atoms with van der Waals surface area (Å²) >= 11 is 5.90. The van der Waals surface area contributed by atoms with Crippen LogP contribution >= 0.6 is 24.0 Å². The smallest absolute Gasteiger partial charge is 0.253 e. The van der Waals surface area contributed by atoms with Crippen LogP contribution in [0.4, 0.5) is 5.69 Å². The van der Waals surface area contributed by atoms with Crippen LogP contribution in [0.5, 0.6) is 0 Å². The zero-order chi connectivity index (χ0) is 15.2. The summed E-state index contributed by atoms with van der Waals surface area (Å²) in [7, 11) is 1.54. The van der Waals surface area contributed by atoms with Gasteiger partial charge in [-0.2, -0.15) is 0 Å². The largest absolute Gasteiger partial charge is 0.355 e. The summed E-state index contributed by atoms with van der Waals surface area (Å²) in [5.41, 5.74) is 0.870. The Labute approximate surface area is 141 Å². The molecule has 0 saturated carbocycles. The number of amides is 2. The van der Waals surface area contributed by atoms with Gasteiger partial charge in [-0.25, -0.2) is 0 Å². The van der Waals surface area contributed by atoms with Gasteiger partial charge in [0.05, 0.1) is 11.3 Å². The Morgan fingerprint density at radius 2 is 2.18 bits per heavy atom. The third-order valence-electron chi connectivity index (χ3n) is 3.67. The first-order valence-corrected chi connectivity index (χ1v) is 7.50. The highest BCUT2D eigenvalue weighted by Gasteiger charge is 2.17. The van der Waals surface area contributed by atoms with E-state index in [9.17, 15) is 9.59 Å². The fourth-order valence-corrected chi connectivity index (χ4v) is 2.63. The molecule has 2 amide bonds.